The SMILES string of the molecule is CC(C)(C)C1CCN(C(=O)Nc2cccc(N)c2)CC1. The van der Waals surface area contributed by atoms with E-state index < -0.39 is 0 Å². The fraction of sp³-hybridized carbons (Fsp3) is 0.562. The van der Waals surface area contributed by atoms with E-state index in [1.165, 1.54) is 0 Å². The van der Waals surface area contributed by atoms with E-state index in [0.29, 0.717) is 17.0 Å². The predicted molar refractivity (Wildman–Crippen MR) is 83.6 cm³/mol. The van der Waals surface area contributed by atoms with Crippen LogP contribution in [0.4, 0.5) is 16.2 Å². The zero-order valence-corrected chi connectivity index (χ0v) is 12.6. The highest BCUT2D eigenvalue weighted by Crippen LogP contribution is 2.34. The highest BCUT2D eigenvalue weighted by Gasteiger charge is 2.30. The number of anilines is 2. The minimum Gasteiger partial charge on any atom is -0.399 e. The normalized spacial score (nSPS) is 17.1. The molecule has 4 heteroatoms. The predicted octanol–water partition coefficient (Wildman–Crippen LogP) is 3.56. The Hall–Kier alpha value is -1.71. The monoisotopic (exact) mass is 275 g/mol. The summed E-state index contributed by atoms with van der Waals surface area (Å²) in [7, 11) is 0. The largest absolute Gasteiger partial charge is 0.399 e. The number of rotatable bonds is 1. The van der Waals surface area contributed by atoms with Crippen LogP contribution in [-0.4, -0.2) is 24.0 Å². The Morgan fingerprint density at radius 3 is 2.50 bits per heavy atom. The third-order valence-corrected chi connectivity index (χ3v) is 4.14. The molecule has 2 amide bonds. The van der Waals surface area contributed by atoms with E-state index in [1.54, 1.807) is 6.07 Å². The lowest BCUT2D eigenvalue weighted by Gasteiger charge is -2.38. The van der Waals surface area contributed by atoms with Crippen LogP contribution in [0.15, 0.2) is 24.3 Å². The number of nitrogens with two attached hydrogens (primary N) is 1. The molecule has 0 bridgehead atoms. The number of amides is 2. The maximum Gasteiger partial charge on any atom is 0.321 e. The Kier molecular flexibility index (Phi) is 4.21. The second kappa shape index (κ2) is 5.73. The van der Waals surface area contributed by atoms with Crippen LogP contribution < -0.4 is 11.1 Å². The molecule has 1 aliphatic heterocycles. The van der Waals surface area contributed by atoms with E-state index in [4.69, 9.17) is 5.73 Å². The Morgan fingerprint density at radius 2 is 1.95 bits per heavy atom. The molecule has 3 N–H and O–H groups in total. The summed E-state index contributed by atoms with van der Waals surface area (Å²) in [5, 5.41) is 2.91. The summed E-state index contributed by atoms with van der Waals surface area (Å²) in [6.45, 7) is 8.49. The molecule has 1 fully saturated rings. The van der Waals surface area contributed by atoms with Crippen molar-refractivity contribution in [3.8, 4) is 0 Å². The topological polar surface area (TPSA) is 58.4 Å². The van der Waals surface area contributed by atoms with Crippen molar-refractivity contribution in [3.05, 3.63) is 24.3 Å². The third-order valence-electron chi connectivity index (χ3n) is 4.14. The van der Waals surface area contributed by atoms with Crippen LogP contribution in [0.1, 0.15) is 33.6 Å². The summed E-state index contributed by atoms with van der Waals surface area (Å²) in [4.78, 5) is 14.1. The van der Waals surface area contributed by atoms with Gasteiger partial charge in [-0.1, -0.05) is 26.8 Å². The highest BCUT2D eigenvalue weighted by molar-refractivity contribution is 5.89. The zero-order chi connectivity index (χ0) is 14.8. The minimum atomic E-state index is -0.0250. The first-order valence-electron chi connectivity index (χ1n) is 7.28. The van der Waals surface area contributed by atoms with E-state index in [0.717, 1.165) is 31.6 Å². The number of nitrogens with one attached hydrogen (secondary N) is 1. The fourth-order valence-corrected chi connectivity index (χ4v) is 2.77. The molecule has 1 aromatic rings. The number of nitrogen functional groups attached to an aromatic ring is 1. The van der Waals surface area contributed by atoms with Gasteiger partial charge in [0.05, 0.1) is 0 Å². The Balaban J connectivity index is 1.89. The van der Waals surface area contributed by atoms with Gasteiger partial charge in [-0.3, -0.25) is 0 Å². The number of benzene rings is 1. The molecule has 0 aliphatic carbocycles. The first-order valence-corrected chi connectivity index (χ1v) is 7.28. The molecule has 0 aromatic heterocycles. The zero-order valence-electron chi connectivity index (χ0n) is 12.6. The van der Waals surface area contributed by atoms with Gasteiger partial charge < -0.3 is 16.0 Å². The van der Waals surface area contributed by atoms with Crippen molar-refractivity contribution in [1.29, 1.82) is 0 Å². The van der Waals surface area contributed by atoms with Crippen molar-refractivity contribution in [3.63, 3.8) is 0 Å². The number of hydrogen-bond donors (Lipinski definition) is 2. The van der Waals surface area contributed by atoms with Gasteiger partial charge in [0, 0.05) is 24.5 Å². The van der Waals surface area contributed by atoms with Gasteiger partial charge in [-0.2, -0.15) is 0 Å². The average Bonchev–Trinajstić information content (AvgIpc) is 2.38. The summed E-state index contributed by atoms with van der Waals surface area (Å²) in [5.41, 5.74) is 7.46. The summed E-state index contributed by atoms with van der Waals surface area (Å²) >= 11 is 0. The van der Waals surface area contributed by atoms with Gasteiger partial charge in [-0.05, 0) is 42.4 Å². The third kappa shape index (κ3) is 3.65. The highest BCUT2D eigenvalue weighted by atomic mass is 16.2. The van der Waals surface area contributed by atoms with Crippen LogP contribution in [-0.2, 0) is 0 Å². The van der Waals surface area contributed by atoms with Gasteiger partial charge in [0.15, 0.2) is 0 Å². The molecule has 20 heavy (non-hydrogen) atoms. The molecule has 110 valence electrons. The molecule has 0 radical (unpaired) electrons. The summed E-state index contributed by atoms with van der Waals surface area (Å²) < 4.78 is 0. The van der Waals surface area contributed by atoms with E-state index in [2.05, 4.69) is 26.1 Å². The molecule has 1 aromatic carbocycles. The molecular weight excluding hydrogens is 250 g/mol. The lowest BCUT2D eigenvalue weighted by atomic mass is 9.75. The number of urea groups is 1. The summed E-state index contributed by atoms with van der Waals surface area (Å²) in [6, 6.07) is 7.26. The molecule has 1 heterocycles. The van der Waals surface area contributed by atoms with E-state index in [9.17, 15) is 4.79 Å². The van der Waals surface area contributed by atoms with Crippen molar-refractivity contribution in [1.82, 2.24) is 4.90 Å². The molecule has 0 atom stereocenters. The van der Waals surface area contributed by atoms with Gasteiger partial charge in [0.25, 0.3) is 0 Å². The minimum absolute atomic E-state index is 0.0250. The Morgan fingerprint density at radius 1 is 1.30 bits per heavy atom. The number of piperidine rings is 1. The van der Waals surface area contributed by atoms with Crippen molar-refractivity contribution < 1.29 is 4.79 Å². The second-order valence-electron chi connectivity index (χ2n) is 6.68. The average molecular weight is 275 g/mol. The van der Waals surface area contributed by atoms with Crippen LogP contribution in [0.2, 0.25) is 0 Å². The van der Waals surface area contributed by atoms with Crippen LogP contribution in [0.5, 0.6) is 0 Å². The summed E-state index contributed by atoms with van der Waals surface area (Å²) in [5.74, 6) is 0.693. The van der Waals surface area contributed by atoms with Crippen molar-refractivity contribution >= 4 is 17.4 Å². The quantitative estimate of drug-likeness (QED) is 0.770. The molecule has 1 aliphatic rings. The van der Waals surface area contributed by atoms with Crippen molar-refractivity contribution in [2.45, 2.75) is 33.6 Å². The van der Waals surface area contributed by atoms with Crippen molar-refractivity contribution in [2.24, 2.45) is 11.3 Å². The van der Waals surface area contributed by atoms with Crippen LogP contribution in [0, 0.1) is 11.3 Å². The molecule has 0 saturated carbocycles. The van der Waals surface area contributed by atoms with Gasteiger partial charge in [-0.15, -0.1) is 0 Å². The van der Waals surface area contributed by atoms with Gasteiger partial charge in [-0.25, -0.2) is 4.79 Å². The fourth-order valence-electron chi connectivity index (χ4n) is 2.77. The van der Waals surface area contributed by atoms with Crippen molar-refractivity contribution in [2.75, 3.05) is 24.1 Å². The lowest BCUT2D eigenvalue weighted by Crippen LogP contribution is -2.43. The molecule has 0 spiro atoms. The first kappa shape index (κ1) is 14.7. The number of hydrogen-bond acceptors (Lipinski definition) is 2. The summed E-state index contributed by atoms with van der Waals surface area (Å²) in [6.07, 6.45) is 2.15. The maximum atomic E-state index is 12.2. The Bertz CT molecular complexity index is 471. The molecule has 2 rings (SSSR count). The van der Waals surface area contributed by atoms with Gasteiger partial charge in [0.2, 0.25) is 0 Å². The molecular formula is C16H25N3O. The maximum absolute atomic E-state index is 12.2. The number of nitrogens with zero attached hydrogens (tertiary/aromatic N) is 1. The van der Waals surface area contributed by atoms with E-state index in [-0.39, 0.29) is 6.03 Å². The van der Waals surface area contributed by atoms with Crippen LogP contribution in [0.25, 0.3) is 0 Å². The second-order valence-corrected chi connectivity index (χ2v) is 6.68. The number of carbonyl (C=O) groups excluding carboxylic acids is 1. The van der Waals surface area contributed by atoms with Crippen LogP contribution in [0.3, 0.4) is 0 Å². The van der Waals surface area contributed by atoms with Gasteiger partial charge in [0.1, 0.15) is 0 Å². The lowest BCUT2D eigenvalue weighted by molar-refractivity contribution is 0.128. The van der Waals surface area contributed by atoms with Gasteiger partial charge >= 0.3 is 6.03 Å². The standard InChI is InChI=1S/C16H25N3O/c1-16(2,3)12-7-9-19(10-8-12)15(20)18-14-6-4-5-13(17)11-14/h4-6,11-12H,7-10,17H2,1-3H3,(H,18,20). The molecule has 1 saturated heterocycles. The number of carbonyl (C=O) groups is 1. The molecule has 0 unspecified atom stereocenters. The Labute approximate surface area is 121 Å². The molecule has 4 nitrogen and oxygen atoms in total. The smallest absolute Gasteiger partial charge is 0.321 e. The van der Waals surface area contributed by atoms with Crippen LogP contribution >= 0.6 is 0 Å². The van der Waals surface area contributed by atoms with E-state index >= 15 is 0 Å². The number of likely N-dealkylation sites (tertiary alicyclic amines) is 1. The first-order chi connectivity index (χ1) is 9.36. The van der Waals surface area contributed by atoms with E-state index in [1.807, 2.05) is 23.1 Å².